The van der Waals surface area contributed by atoms with Crippen LogP contribution in [0.5, 0.6) is 0 Å². The summed E-state index contributed by atoms with van der Waals surface area (Å²) in [6.45, 7) is 6.03. The van der Waals surface area contributed by atoms with Crippen molar-refractivity contribution in [3.05, 3.63) is 65.5 Å². The summed E-state index contributed by atoms with van der Waals surface area (Å²) < 4.78 is 12.9. The van der Waals surface area contributed by atoms with E-state index in [4.69, 9.17) is 5.73 Å². The Kier molecular flexibility index (Phi) is 7.94. The molecule has 27 heavy (non-hydrogen) atoms. The minimum absolute atomic E-state index is 0. The van der Waals surface area contributed by atoms with Crippen LogP contribution < -0.4 is 16.4 Å². The predicted molar refractivity (Wildman–Crippen MR) is 107 cm³/mol. The van der Waals surface area contributed by atoms with Crippen molar-refractivity contribution in [3.63, 3.8) is 0 Å². The highest BCUT2D eigenvalue weighted by Crippen LogP contribution is 2.18. The molecule has 0 aliphatic rings. The van der Waals surface area contributed by atoms with Crippen LogP contribution in [0.3, 0.4) is 0 Å². The smallest absolute Gasteiger partial charge is 0.255 e. The second-order valence-electron chi connectivity index (χ2n) is 7.22. The Hall–Kier alpha value is -2.44. The lowest BCUT2D eigenvalue weighted by Crippen LogP contribution is -2.48. The second kappa shape index (κ2) is 9.48. The first-order chi connectivity index (χ1) is 12.2. The summed E-state index contributed by atoms with van der Waals surface area (Å²) in [6.07, 6.45) is 0. The molecule has 0 aliphatic carbocycles. The van der Waals surface area contributed by atoms with Gasteiger partial charge in [-0.05, 0) is 47.4 Å². The van der Waals surface area contributed by atoms with E-state index in [1.807, 2.05) is 26.8 Å². The van der Waals surface area contributed by atoms with E-state index < -0.39 is 11.9 Å². The number of halogens is 2. The molecule has 0 aliphatic heterocycles. The minimum Gasteiger partial charge on any atom is -0.351 e. The Balaban J connectivity index is 0.00000364. The SMILES string of the molecule is CC(C)(C)[C@H](N)C(=O)NCc1cccc(NC(=O)c2ccc(F)cc2)c1.Cl. The zero-order chi connectivity index (χ0) is 19.3. The molecule has 146 valence electrons. The molecular weight excluding hydrogens is 369 g/mol. The summed E-state index contributed by atoms with van der Waals surface area (Å²) in [4.78, 5) is 24.3. The molecular formula is C20H25ClFN3O2. The van der Waals surface area contributed by atoms with Crippen LogP contribution in [-0.4, -0.2) is 17.9 Å². The van der Waals surface area contributed by atoms with Crippen molar-refractivity contribution >= 4 is 29.9 Å². The third kappa shape index (κ3) is 6.66. The maximum absolute atomic E-state index is 12.9. The van der Waals surface area contributed by atoms with Crippen LogP contribution in [-0.2, 0) is 11.3 Å². The summed E-state index contributed by atoms with van der Waals surface area (Å²) in [5.74, 6) is -0.952. The fourth-order valence-corrected chi connectivity index (χ4v) is 2.26. The maximum atomic E-state index is 12.9. The van der Waals surface area contributed by atoms with E-state index in [-0.39, 0.29) is 29.6 Å². The molecule has 0 bridgehead atoms. The molecule has 2 aromatic carbocycles. The van der Waals surface area contributed by atoms with Crippen molar-refractivity contribution in [2.75, 3.05) is 5.32 Å². The first-order valence-electron chi connectivity index (χ1n) is 8.36. The Morgan fingerprint density at radius 3 is 2.33 bits per heavy atom. The van der Waals surface area contributed by atoms with E-state index in [0.29, 0.717) is 17.8 Å². The molecule has 0 saturated heterocycles. The largest absolute Gasteiger partial charge is 0.351 e. The molecule has 2 rings (SSSR count). The van der Waals surface area contributed by atoms with Gasteiger partial charge >= 0.3 is 0 Å². The van der Waals surface area contributed by atoms with Crippen molar-refractivity contribution in [2.45, 2.75) is 33.4 Å². The summed E-state index contributed by atoms with van der Waals surface area (Å²) in [5, 5.41) is 5.56. The molecule has 2 aromatic rings. The van der Waals surface area contributed by atoms with Crippen LogP contribution in [0.2, 0.25) is 0 Å². The van der Waals surface area contributed by atoms with E-state index in [2.05, 4.69) is 10.6 Å². The number of rotatable bonds is 5. The van der Waals surface area contributed by atoms with Gasteiger partial charge in [-0.2, -0.15) is 0 Å². The van der Waals surface area contributed by atoms with Crippen molar-refractivity contribution in [1.29, 1.82) is 0 Å². The number of amides is 2. The van der Waals surface area contributed by atoms with E-state index in [9.17, 15) is 14.0 Å². The average Bonchev–Trinajstić information content (AvgIpc) is 2.59. The molecule has 0 fully saturated rings. The van der Waals surface area contributed by atoms with Crippen LogP contribution in [0, 0.1) is 11.2 Å². The third-order valence-electron chi connectivity index (χ3n) is 3.97. The van der Waals surface area contributed by atoms with Gasteiger partial charge in [0.1, 0.15) is 5.82 Å². The summed E-state index contributed by atoms with van der Waals surface area (Å²) >= 11 is 0. The summed E-state index contributed by atoms with van der Waals surface area (Å²) in [5.41, 5.74) is 7.39. The van der Waals surface area contributed by atoms with E-state index in [0.717, 1.165) is 5.56 Å². The van der Waals surface area contributed by atoms with Crippen LogP contribution >= 0.6 is 12.4 Å². The van der Waals surface area contributed by atoms with Gasteiger partial charge in [-0.3, -0.25) is 9.59 Å². The van der Waals surface area contributed by atoms with Gasteiger partial charge in [0.15, 0.2) is 0 Å². The van der Waals surface area contributed by atoms with Gasteiger partial charge in [0, 0.05) is 17.8 Å². The lowest BCUT2D eigenvalue weighted by Gasteiger charge is -2.25. The van der Waals surface area contributed by atoms with Crippen molar-refractivity contribution < 1.29 is 14.0 Å². The van der Waals surface area contributed by atoms with Gasteiger partial charge in [0.25, 0.3) is 5.91 Å². The van der Waals surface area contributed by atoms with Crippen molar-refractivity contribution in [2.24, 2.45) is 11.1 Å². The topological polar surface area (TPSA) is 84.2 Å². The fraction of sp³-hybridized carbons (Fsp3) is 0.300. The van der Waals surface area contributed by atoms with Gasteiger partial charge in [-0.15, -0.1) is 12.4 Å². The van der Waals surface area contributed by atoms with Crippen LogP contribution in [0.1, 0.15) is 36.7 Å². The molecule has 7 heteroatoms. The maximum Gasteiger partial charge on any atom is 0.255 e. The summed E-state index contributed by atoms with van der Waals surface area (Å²) in [7, 11) is 0. The Bertz CT molecular complexity index is 789. The standard InChI is InChI=1S/C20H24FN3O2.ClH/c1-20(2,3)17(22)19(26)23-12-13-5-4-6-16(11-13)24-18(25)14-7-9-15(21)10-8-14;/h4-11,17H,12,22H2,1-3H3,(H,23,26)(H,24,25);1H/t17-;/m1./s1. The van der Waals surface area contributed by atoms with Crippen molar-refractivity contribution in [1.82, 2.24) is 5.32 Å². The number of hydrogen-bond donors (Lipinski definition) is 3. The first-order valence-corrected chi connectivity index (χ1v) is 8.36. The molecule has 0 heterocycles. The first kappa shape index (κ1) is 22.6. The quantitative estimate of drug-likeness (QED) is 0.727. The zero-order valence-corrected chi connectivity index (χ0v) is 16.4. The molecule has 5 nitrogen and oxygen atoms in total. The van der Waals surface area contributed by atoms with Crippen LogP contribution in [0.25, 0.3) is 0 Å². The number of carbonyl (C=O) groups excluding carboxylic acids is 2. The number of carbonyl (C=O) groups is 2. The van der Waals surface area contributed by atoms with Gasteiger partial charge in [0.2, 0.25) is 5.91 Å². The second-order valence-corrected chi connectivity index (χ2v) is 7.22. The molecule has 0 unspecified atom stereocenters. The fourth-order valence-electron chi connectivity index (χ4n) is 2.26. The molecule has 0 aromatic heterocycles. The Labute approximate surface area is 164 Å². The number of benzene rings is 2. The molecule has 0 saturated carbocycles. The number of nitrogens with one attached hydrogen (secondary N) is 2. The highest BCUT2D eigenvalue weighted by Gasteiger charge is 2.27. The predicted octanol–water partition coefficient (Wildman–Crippen LogP) is 3.49. The number of anilines is 1. The Morgan fingerprint density at radius 1 is 1.11 bits per heavy atom. The van der Waals surface area contributed by atoms with Gasteiger partial charge in [-0.1, -0.05) is 32.9 Å². The zero-order valence-electron chi connectivity index (χ0n) is 15.6. The van der Waals surface area contributed by atoms with Crippen molar-refractivity contribution in [3.8, 4) is 0 Å². The number of hydrogen-bond acceptors (Lipinski definition) is 3. The van der Waals surface area contributed by atoms with Gasteiger partial charge in [-0.25, -0.2) is 4.39 Å². The summed E-state index contributed by atoms with van der Waals surface area (Å²) in [6, 6.07) is 11.8. The van der Waals surface area contributed by atoms with E-state index in [1.54, 1.807) is 18.2 Å². The van der Waals surface area contributed by atoms with Crippen LogP contribution in [0.15, 0.2) is 48.5 Å². The third-order valence-corrected chi connectivity index (χ3v) is 3.97. The lowest BCUT2D eigenvalue weighted by atomic mass is 9.87. The van der Waals surface area contributed by atoms with E-state index in [1.165, 1.54) is 24.3 Å². The molecule has 2 amide bonds. The molecule has 0 spiro atoms. The molecule has 1 atom stereocenters. The lowest BCUT2D eigenvalue weighted by molar-refractivity contribution is -0.124. The molecule has 0 radical (unpaired) electrons. The van der Waals surface area contributed by atoms with Gasteiger partial charge in [0.05, 0.1) is 6.04 Å². The normalized spacial score (nSPS) is 11.9. The Morgan fingerprint density at radius 2 is 1.74 bits per heavy atom. The van der Waals surface area contributed by atoms with Crippen LogP contribution in [0.4, 0.5) is 10.1 Å². The molecule has 4 N–H and O–H groups in total. The number of nitrogens with two attached hydrogens (primary N) is 1. The highest BCUT2D eigenvalue weighted by molar-refractivity contribution is 6.04. The van der Waals surface area contributed by atoms with E-state index >= 15 is 0 Å². The monoisotopic (exact) mass is 393 g/mol. The average molecular weight is 394 g/mol. The van der Waals surface area contributed by atoms with Gasteiger partial charge < -0.3 is 16.4 Å². The highest BCUT2D eigenvalue weighted by atomic mass is 35.5. The minimum atomic E-state index is -0.608.